The molecule has 12 aromatic rings. The van der Waals surface area contributed by atoms with E-state index >= 15 is 0 Å². The summed E-state index contributed by atoms with van der Waals surface area (Å²) < 4.78 is 0. The summed E-state index contributed by atoms with van der Waals surface area (Å²) >= 11 is 0. The van der Waals surface area contributed by atoms with Crippen molar-refractivity contribution in [2.24, 2.45) is 0 Å². The van der Waals surface area contributed by atoms with Gasteiger partial charge in [0.15, 0.2) is 0 Å². The summed E-state index contributed by atoms with van der Waals surface area (Å²) in [6.45, 7) is 4.46. The summed E-state index contributed by atoms with van der Waals surface area (Å²) in [5.41, 5.74) is 27.0. The van der Waals surface area contributed by atoms with Crippen molar-refractivity contribution in [3.05, 3.63) is 285 Å². The molecular weight excluding hydrogens is 895 g/mol. The summed E-state index contributed by atoms with van der Waals surface area (Å²) in [5, 5.41) is 0. The van der Waals surface area contributed by atoms with E-state index in [-0.39, 0.29) is 0 Å². The Kier molecular flexibility index (Phi) is 12.5. The van der Waals surface area contributed by atoms with Gasteiger partial charge in [0.25, 0.3) is 0 Å². The van der Waals surface area contributed by atoms with Gasteiger partial charge in [0.05, 0.1) is 17.1 Å². The van der Waals surface area contributed by atoms with Crippen LogP contribution in [0.3, 0.4) is 0 Å². The molecular formula is C71H51N3. The standard InChI is InChI=1S/C71H51N3/c1-48-42-66(68(43-49(48)2)65-38-37-57(71-24-12-15-41-74-71)47-67(65)54-27-25-51(26-28-54)50-16-4-3-5-17-50)60-45-58(63-20-8-6-18-61(63)52-29-33-55(34-30-52)69-22-10-13-39-72-69)44-59(46-60)64-21-9-7-19-62(64)53-31-35-56(36-32-53)70-23-11-14-40-73-70/h3-47H,1-2H3. The molecule has 0 atom stereocenters. The first-order chi connectivity index (χ1) is 36.5. The fourth-order valence-electron chi connectivity index (χ4n) is 10.2. The molecule has 0 fully saturated rings. The number of aromatic nitrogens is 3. The maximum absolute atomic E-state index is 4.80. The molecule has 3 aromatic heterocycles. The fraction of sp³-hybridized carbons (Fsp3) is 0.0282. The third kappa shape index (κ3) is 9.27. The van der Waals surface area contributed by atoms with E-state index in [2.05, 4.69) is 248 Å². The van der Waals surface area contributed by atoms with Crippen LogP contribution in [0.1, 0.15) is 11.1 Å². The molecule has 3 heteroatoms. The lowest BCUT2D eigenvalue weighted by atomic mass is 9.83. The van der Waals surface area contributed by atoms with Crippen molar-refractivity contribution >= 4 is 0 Å². The van der Waals surface area contributed by atoms with E-state index in [1.165, 1.54) is 33.4 Å². The van der Waals surface area contributed by atoms with Crippen molar-refractivity contribution in [3.63, 3.8) is 0 Å². The molecule has 350 valence electrons. The van der Waals surface area contributed by atoms with Crippen LogP contribution in [-0.2, 0) is 0 Å². The van der Waals surface area contributed by atoms with Gasteiger partial charge in [0, 0.05) is 35.3 Å². The van der Waals surface area contributed by atoms with Crippen molar-refractivity contribution in [1.82, 2.24) is 15.0 Å². The maximum atomic E-state index is 4.80. The zero-order chi connectivity index (χ0) is 49.8. The lowest BCUT2D eigenvalue weighted by molar-refractivity contribution is 1.32. The van der Waals surface area contributed by atoms with Crippen molar-refractivity contribution < 1.29 is 0 Å². The lowest BCUT2D eigenvalue weighted by Gasteiger charge is -2.21. The van der Waals surface area contributed by atoms with Crippen LogP contribution >= 0.6 is 0 Å². The molecule has 3 heterocycles. The molecule has 12 rings (SSSR count). The fourth-order valence-corrected chi connectivity index (χ4v) is 10.2. The summed E-state index contributed by atoms with van der Waals surface area (Å²) in [4.78, 5) is 14.1. The number of benzene rings is 9. The Morgan fingerprint density at radius 2 is 0.514 bits per heavy atom. The quantitative estimate of drug-likeness (QED) is 0.130. The molecule has 0 saturated heterocycles. The Morgan fingerprint density at radius 3 is 0.973 bits per heavy atom. The number of hydrogen-bond donors (Lipinski definition) is 0. The predicted molar refractivity (Wildman–Crippen MR) is 309 cm³/mol. The number of aryl methyl sites for hydroxylation is 2. The Morgan fingerprint density at radius 1 is 0.189 bits per heavy atom. The Bertz CT molecular complexity index is 3760. The highest BCUT2D eigenvalue weighted by molar-refractivity contribution is 5.98. The molecule has 0 spiro atoms. The van der Waals surface area contributed by atoms with Gasteiger partial charge in [0.2, 0.25) is 0 Å². The second-order valence-corrected chi connectivity index (χ2v) is 18.9. The molecule has 9 aromatic carbocycles. The number of pyridine rings is 3. The van der Waals surface area contributed by atoms with Gasteiger partial charge >= 0.3 is 0 Å². The van der Waals surface area contributed by atoms with Crippen molar-refractivity contribution in [3.8, 4) is 123 Å². The van der Waals surface area contributed by atoms with E-state index in [0.717, 1.165) is 101 Å². The monoisotopic (exact) mass is 945 g/mol. The molecule has 0 aliphatic rings. The van der Waals surface area contributed by atoms with Crippen LogP contribution in [0, 0.1) is 13.8 Å². The summed E-state index contributed by atoms with van der Waals surface area (Å²) in [6.07, 6.45) is 5.57. The van der Waals surface area contributed by atoms with E-state index in [9.17, 15) is 0 Å². The average molecular weight is 946 g/mol. The van der Waals surface area contributed by atoms with Gasteiger partial charge < -0.3 is 0 Å². The highest BCUT2D eigenvalue weighted by atomic mass is 14.7. The molecule has 0 bridgehead atoms. The SMILES string of the molecule is Cc1cc(-c2cc(-c3ccccc3-c3ccc(-c4ccccn4)cc3)cc(-c3ccccc3-c3ccc(-c4ccccn4)cc3)c2)c(-c2ccc(-c3ccccn3)cc2-c2ccc(-c3ccccc3)cc2)cc1C. The van der Waals surface area contributed by atoms with Crippen molar-refractivity contribution in [2.75, 3.05) is 0 Å². The van der Waals surface area contributed by atoms with Crippen molar-refractivity contribution in [1.29, 1.82) is 0 Å². The van der Waals surface area contributed by atoms with Crippen LogP contribution in [0.25, 0.3) is 123 Å². The minimum Gasteiger partial charge on any atom is -0.256 e. The zero-order valence-corrected chi connectivity index (χ0v) is 41.3. The number of nitrogens with zero attached hydrogens (tertiary/aromatic N) is 3. The molecule has 0 N–H and O–H groups in total. The summed E-state index contributed by atoms with van der Waals surface area (Å²) in [5.74, 6) is 0. The molecule has 0 aliphatic heterocycles. The smallest absolute Gasteiger partial charge is 0.0702 e. The third-order valence-corrected chi connectivity index (χ3v) is 14.2. The summed E-state index contributed by atoms with van der Waals surface area (Å²) in [6, 6.07) is 91.9. The second-order valence-electron chi connectivity index (χ2n) is 18.9. The van der Waals surface area contributed by atoms with E-state index in [1.807, 2.05) is 48.9 Å². The molecule has 0 saturated carbocycles. The van der Waals surface area contributed by atoms with E-state index in [0.29, 0.717) is 0 Å². The van der Waals surface area contributed by atoms with E-state index < -0.39 is 0 Å². The molecule has 3 nitrogen and oxygen atoms in total. The van der Waals surface area contributed by atoms with Crippen LogP contribution in [-0.4, -0.2) is 15.0 Å². The first-order valence-electron chi connectivity index (χ1n) is 25.2. The van der Waals surface area contributed by atoms with E-state index in [1.54, 1.807) is 0 Å². The lowest BCUT2D eigenvalue weighted by Crippen LogP contribution is -1.96. The van der Waals surface area contributed by atoms with Gasteiger partial charge in [-0.3, -0.25) is 15.0 Å². The Labute approximate surface area is 433 Å². The van der Waals surface area contributed by atoms with Crippen molar-refractivity contribution in [2.45, 2.75) is 13.8 Å². The topological polar surface area (TPSA) is 38.7 Å². The van der Waals surface area contributed by atoms with Crippen LogP contribution in [0.15, 0.2) is 273 Å². The molecule has 0 radical (unpaired) electrons. The first-order valence-corrected chi connectivity index (χ1v) is 25.2. The largest absolute Gasteiger partial charge is 0.256 e. The van der Waals surface area contributed by atoms with Gasteiger partial charge in [-0.15, -0.1) is 0 Å². The van der Waals surface area contributed by atoms with Gasteiger partial charge in [-0.05, 0) is 175 Å². The van der Waals surface area contributed by atoms with Gasteiger partial charge in [0.1, 0.15) is 0 Å². The minimum atomic E-state index is 0.939. The Hall–Kier alpha value is -9.57. The zero-order valence-electron chi connectivity index (χ0n) is 41.3. The average Bonchev–Trinajstić information content (AvgIpc) is 3.49. The van der Waals surface area contributed by atoms with Gasteiger partial charge in [-0.2, -0.15) is 0 Å². The Balaban J connectivity index is 1.06. The molecule has 0 aliphatic carbocycles. The molecule has 0 amide bonds. The van der Waals surface area contributed by atoms with Crippen LogP contribution in [0.4, 0.5) is 0 Å². The van der Waals surface area contributed by atoms with E-state index in [4.69, 9.17) is 4.98 Å². The second kappa shape index (κ2) is 20.3. The maximum Gasteiger partial charge on any atom is 0.0702 e. The highest BCUT2D eigenvalue weighted by Crippen LogP contribution is 2.46. The van der Waals surface area contributed by atoms with Crippen LogP contribution < -0.4 is 0 Å². The van der Waals surface area contributed by atoms with Crippen LogP contribution in [0.5, 0.6) is 0 Å². The number of hydrogen-bond acceptors (Lipinski definition) is 3. The van der Waals surface area contributed by atoms with Gasteiger partial charge in [-0.1, -0.05) is 194 Å². The third-order valence-electron chi connectivity index (χ3n) is 14.2. The minimum absolute atomic E-state index is 0.939. The summed E-state index contributed by atoms with van der Waals surface area (Å²) in [7, 11) is 0. The first kappa shape index (κ1) is 45.6. The normalized spacial score (nSPS) is 11.1. The number of rotatable bonds is 11. The predicted octanol–water partition coefficient (Wildman–Crippen LogP) is 18.8. The highest BCUT2D eigenvalue weighted by Gasteiger charge is 2.20. The van der Waals surface area contributed by atoms with Gasteiger partial charge in [-0.25, -0.2) is 0 Å². The van der Waals surface area contributed by atoms with Crippen LogP contribution in [0.2, 0.25) is 0 Å². The molecule has 74 heavy (non-hydrogen) atoms. The molecule has 0 unspecified atom stereocenters.